The predicted molar refractivity (Wildman–Crippen MR) is 93.7 cm³/mol. The van der Waals surface area contributed by atoms with E-state index in [9.17, 15) is 9.18 Å². The number of carbonyl (C=O) groups is 1. The molecule has 0 spiro atoms. The number of nitrogens with one attached hydrogen (secondary N) is 1. The SMILES string of the molecule is O=C(NC1CCSc2ccc(F)cc21)c1cccc2cccnc12. The average molecular weight is 338 g/mol. The van der Waals surface area contributed by atoms with E-state index in [0.29, 0.717) is 11.1 Å². The van der Waals surface area contributed by atoms with Crippen LogP contribution in [0.25, 0.3) is 10.9 Å². The Morgan fingerprint density at radius 3 is 3.00 bits per heavy atom. The molecule has 0 saturated carbocycles. The number of nitrogens with zero attached hydrogens (tertiary/aromatic N) is 1. The quantitative estimate of drug-likeness (QED) is 0.756. The molecule has 5 heteroatoms. The molecule has 2 heterocycles. The Labute approximate surface area is 143 Å². The molecule has 3 nitrogen and oxygen atoms in total. The fourth-order valence-electron chi connectivity index (χ4n) is 3.04. The molecule has 0 fully saturated rings. The number of rotatable bonds is 2. The second-order valence-corrected chi connectivity index (χ2v) is 6.86. The van der Waals surface area contributed by atoms with Crippen molar-refractivity contribution < 1.29 is 9.18 Å². The average Bonchev–Trinajstić information content (AvgIpc) is 2.61. The van der Waals surface area contributed by atoms with E-state index in [0.717, 1.165) is 28.0 Å². The molecule has 0 aliphatic carbocycles. The summed E-state index contributed by atoms with van der Waals surface area (Å²) in [6, 6.07) is 13.9. The minimum Gasteiger partial charge on any atom is -0.345 e. The second-order valence-electron chi connectivity index (χ2n) is 5.73. The van der Waals surface area contributed by atoms with E-state index in [4.69, 9.17) is 0 Å². The number of para-hydroxylation sites is 1. The van der Waals surface area contributed by atoms with Gasteiger partial charge >= 0.3 is 0 Å². The van der Waals surface area contributed by atoms with Gasteiger partial charge in [0.1, 0.15) is 5.82 Å². The van der Waals surface area contributed by atoms with E-state index >= 15 is 0 Å². The van der Waals surface area contributed by atoms with Crippen LogP contribution in [0.5, 0.6) is 0 Å². The van der Waals surface area contributed by atoms with Gasteiger partial charge in [-0.25, -0.2) is 4.39 Å². The molecule has 0 radical (unpaired) electrons. The van der Waals surface area contributed by atoms with Crippen molar-refractivity contribution in [3.8, 4) is 0 Å². The summed E-state index contributed by atoms with van der Waals surface area (Å²) >= 11 is 1.70. The maximum atomic E-state index is 13.6. The lowest BCUT2D eigenvalue weighted by molar-refractivity contribution is 0.0936. The highest BCUT2D eigenvalue weighted by Crippen LogP contribution is 2.36. The first-order valence-corrected chi connectivity index (χ1v) is 8.78. The van der Waals surface area contributed by atoms with E-state index < -0.39 is 0 Å². The molecule has 1 atom stereocenters. The predicted octanol–water partition coefficient (Wildman–Crippen LogP) is 4.34. The number of aromatic nitrogens is 1. The summed E-state index contributed by atoms with van der Waals surface area (Å²) < 4.78 is 13.6. The third-order valence-electron chi connectivity index (χ3n) is 4.19. The lowest BCUT2D eigenvalue weighted by atomic mass is 10.0. The van der Waals surface area contributed by atoms with Crippen LogP contribution < -0.4 is 5.32 Å². The summed E-state index contributed by atoms with van der Waals surface area (Å²) in [5, 5.41) is 3.98. The summed E-state index contributed by atoms with van der Waals surface area (Å²) in [5.41, 5.74) is 2.08. The van der Waals surface area contributed by atoms with Gasteiger partial charge in [-0.15, -0.1) is 11.8 Å². The normalized spacial score (nSPS) is 16.6. The van der Waals surface area contributed by atoms with Crippen molar-refractivity contribution in [3.63, 3.8) is 0 Å². The molecular formula is C19H15FN2OS. The van der Waals surface area contributed by atoms with Gasteiger partial charge in [-0.1, -0.05) is 18.2 Å². The third kappa shape index (κ3) is 2.76. The van der Waals surface area contributed by atoms with Crippen molar-refractivity contribution in [1.29, 1.82) is 0 Å². The van der Waals surface area contributed by atoms with E-state index in [1.54, 1.807) is 30.1 Å². The monoisotopic (exact) mass is 338 g/mol. The Bertz CT molecular complexity index is 923. The number of thioether (sulfide) groups is 1. The number of halogens is 1. The number of hydrogen-bond acceptors (Lipinski definition) is 3. The van der Waals surface area contributed by atoms with Gasteiger partial charge in [0.2, 0.25) is 0 Å². The lowest BCUT2D eigenvalue weighted by Gasteiger charge is -2.26. The summed E-state index contributed by atoms with van der Waals surface area (Å²) in [4.78, 5) is 18.1. The molecule has 120 valence electrons. The summed E-state index contributed by atoms with van der Waals surface area (Å²) in [5.74, 6) is 0.450. The molecule has 3 aromatic rings. The molecule has 1 aromatic heterocycles. The van der Waals surface area contributed by atoms with Crippen molar-refractivity contribution >= 4 is 28.6 Å². The second kappa shape index (κ2) is 6.24. The minimum absolute atomic E-state index is 0.175. The van der Waals surface area contributed by atoms with Gasteiger partial charge < -0.3 is 5.32 Å². The maximum absolute atomic E-state index is 13.6. The smallest absolute Gasteiger partial charge is 0.253 e. The molecule has 1 aliphatic rings. The fourth-order valence-corrected chi connectivity index (χ4v) is 4.14. The van der Waals surface area contributed by atoms with Crippen molar-refractivity contribution in [1.82, 2.24) is 10.3 Å². The number of hydrogen-bond donors (Lipinski definition) is 1. The number of amides is 1. The van der Waals surface area contributed by atoms with Gasteiger partial charge in [0.15, 0.2) is 0 Å². The molecule has 1 aliphatic heterocycles. The molecule has 0 saturated heterocycles. The first kappa shape index (κ1) is 15.1. The molecule has 2 aromatic carbocycles. The Hall–Kier alpha value is -2.40. The summed E-state index contributed by atoms with van der Waals surface area (Å²) in [7, 11) is 0. The number of pyridine rings is 1. The molecule has 1 N–H and O–H groups in total. The topological polar surface area (TPSA) is 42.0 Å². The van der Waals surface area contributed by atoms with E-state index in [2.05, 4.69) is 10.3 Å². The Kier molecular flexibility index (Phi) is 3.94. The molecule has 4 rings (SSSR count). The number of carbonyl (C=O) groups excluding carboxylic acids is 1. The zero-order valence-electron chi connectivity index (χ0n) is 12.8. The first-order chi connectivity index (χ1) is 11.7. The van der Waals surface area contributed by atoms with Crippen molar-refractivity contribution in [3.05, 3.63) is 71.7 Å². The standard InChI is InChI=1S/C19H15FN2OS/c20-13-6-7-17-15(11-13)16(8-10-24-17)22-19(23)14-5-1-3-12-4-2-9-21-18(12)14/h1-7,9,11,16H,8,10H2,(H,22,23). The van der Waals surface area contributed by atoms with Crippen LogP contribution in [0.15, 0.2) is 59.6 Å². The van der Waals surface area contributed by atoms with Crippen LogP contribution in [-0.2, 0) is 0 Å². The van der Waals surface area contributed by atoms with Crippen LogP contribution in [0.1, 0.15) is 28.4 Å². The number of benzene rings is 2. The molecular weight excluding hydrogens is 323 g/mol. The zero-order valence-corrected chi connectivity index (χ0v) is 13.6. The van der Waals surface area contributed by atoms with Crippen molar-refractivity contribution in [2.24, 2.45) is 0 Å². The summed E-state index contributed by atoms with van der Waals surface area (Å²) in [6.07, 6.45) is 2.46. The Balaban J connectivity index is 1.67. The molecule has 1 unspecified atom stereocenters. The van der Waals surface area contributed by atoms with Crippen LogP contribution in [0, 0.1) is 5.82 Å². The van der Waals surface area contributed by atoms with Crippen molar-refractivity contribution in [2.45, 2.75) is 17.4 Å². The Morgan fingerprint density at radius 1 is 1.21 bits per heavy atom. The van der Waals surface area contributed by atoms with E-state index in [-0.39, 0.29) is 17.8 Å². The van der Waals surface area contributed by atoms with Crippen LogP contribution in [0.3, 0.4) is 0 Å². The van der Waals surface area contributed by atoms with E-state index in [1.807, 2.05) is 24.3 Å². The van der Waals surface area contributed by atoms with Crippen LogP contribution in [0.4, 0.5) is 4.39 Å². The molecule has 24 heavy (non-hydrogen) atoms. The van der Waals surface area contributed by atoms with Gasteiger partial charge in [0.05, 0.1) is 17.1 Å². The van der Waals surface area contributed by atoms with Crippen molar-refractivity contribution in [2.75, 3.05) is 5.75 Å². The fraction of sp³-hybridized carbons (Fsp3) is 0.158. The third-order valence-corrected chi connectivity index (χ3v) is 5.32. The van der Waals surface area contributed by atoms with Crippen LogP contribution in [0.2, 0.25) is 0 Å². The highest BCUT2D eigenvalue weighted by atomic mass is 32.2. The minimum atomic E-state index is -0.276. The van der Waals surface area contributed by atoms with Gasteiger partial charge in [-0.3, -0.25) is 9.78 Å². The maximum Gasteiger partial charge on any atom is 0.253 e. The van der Waals surface area contributed by atoms with Gasteiger partial charge in [0.25, 0.3) is 5.91 Å². The Morgan fingerprint density at radius 2 is 2.08 bits per heavy atom. The van der Waals surface area contributed by atoms with Crippen LogP contribution in [-0.4, -0.2) is 16.6 Å². The highest BCUT2D eigenvalue weighted by Gasteiger charge is 2.24. The first-order valence-electron chi connectivity index (χ1n) is 7.79. The highest BCUT2D eigenvalue weighted by molar-refractivity contribution is 7.99. The van der Waals surface area contributed by atoms with Gasteiger partial charge in [-0.2, -0.15) is 0 Å². The summed E-state index contributed by atoms with van der Waals surface area (Å²) in [6.45, 7) is 0. The number of fused-ring (bicyclic) bond motifs is 2. The zero-order chi connectivity index (χ0) is 16.5. The van der Waals surface area contributed by atoms with E-state index in [1.165, 1.54) is 12.1 Å². The lowest BCUT2D eigenvalue weighted by Crippen LogP contribution is -2.31. The molecule has 1 amide bonds. The van der Waals surface area contributed by atoms with Gasteiger partial charge in [0, 0.05) is 22.2 Å². The van der Waals surface area contributed by atoms with Crippen LogP contribution >= 0.6 is 11.8 Å². The van der Waals surface area contributed by atoms with Gasteiger partial charge in [-0.05, 0) is 42.3 Å². The largest absolute Gasteiger partial charge is 0.345 e. The molecule has 0 bridgehead atoms.